The molecular weight excluding hydrogens is 297 g/mol. The van der Waals surface area contributed by atoms with Gasteiger partial charge in [0.05, 0.1) is 18.5 Å². The van der Waals surface area contributed by atoms with Crippen molar-refractivity contribution in [2.75, 3.05) is 26.8 Å². The molecule has 2 atom stereocenters. The van der Waals surface area contributed by atoms with E-state index < -0.39 is 7.60 Å². The first kappa shape index (κ1) is 17.7. The number of nitrogens with zero attached hydrogens (tertiary/aromatic N) is 1. The van der Waals surface area contributed by atoms with Crippen LogP contribution in [0.2, 0.25) is 0 Å². The maximum atomic E-state index is 12.8. The largest absolute Gasteiger partial charge is 0.361 e. The van der Waals surface area contributed by atoms with Gasteiger partial charge in [-0.25, -0.2) is 0 Å². The number of benzene rings is 1. The summed E-state index contributed by atoms with van der Waals surface area (Å²) in [6.07, 6.45) is 2.43. The van der Waals surface area contributed by atoms with E-state index in [-0.39, 0.29) is 0 Å². The van der Waals surface area contributed by atoms with Crippen molar-refractivity contribution in [3.8, 4) is 0 Å². The van der Waals surface area contributed by atoms with Crippen LogP contribution in [-0.2, 0) is 13.6 Å². The van der Waals surface area contributed by atoms with Crippen LogP contribution in [0.1, 0.15) is 45.2 Å². The summed E-state index contributed by atoms with van der Waals surface area (Å²) in [5.41, 5.74) is 1.28. The molecule has 0 saturated carbocycles. The van der Waals surface area contributed by atoms with Gasteiger partial charge in [-0.05, 0) is 63.9 Å². The highest BCUT2D eigenvalue weighted by Crippen LogP contribution is 2.47. The van der Waals surface area contributed by atoms with E-state index in [1.165, 1.54) is 18.4 Å². The molecule has 1 saturated heterocycles. The van der Waals surface area contributed by atoms with E-state index in [2.05, 4.69) is 31.0 Å². The molecule has 22 heavy (non-hydrogen) atoms. The van der Waals surface area contributed by atoms with Crippen LogP contribution in [0, 0.1) is 5.92 Å². The molecule has 0 bridgehead atoms. The predicted molar refractivity (Wildman–Crippen MR) is 90.7 cm³/mol. The molecule has 124 valence electrons. The van der Waals surface area contributed by atoms with Gasteiger partial charge in [-0.3, -0.25) is 9.46 Å². The van der Waals surface area contributed by atoms with Crippen LogP contribution in [0.25, 0.3) is 0 Å². The van der Waals surface area contributed by atoms with Crippen molar-refractivity contribution in [1.82, 2.24) is 4.90 Å². The Kier molecular flexibility index (Phi) is 6.22. The highest BCUT2D eigenvalue weighted by atomic mass is 31.2. The van der Waals surface area contributed by atoms with Crippen molar-refractivity contribution in [2.24, 2.45) is 5.92 Å². The Labute approximate surface area is 134 Å². The van der Waals surface area contributed by atoms with E-state index in [4.69, 9.17) is 9.05 Å². The molecule has 5 heteroatoms. The fraction of sp³-hybridized carbons (Fsp3) is 0.647. The van der Waals surface area contributed by atoms with E-state index in [1.807, 2.05) is 26.0 Å². The third-order valence-corrected chi connectivity index (χ3v) is 6.45. The van der Waals surface area contributed by atoms with Gasteiger partial charge in [0.25, 0.3) is 0 Å². The van der Waals surface area contributed by atoms with Crippen molar-refractivity contribution in [2.45, 2.75) is 39.7 Å². The van der Waals surface area contributed by atoms with Gasteiger partial charge in [-0.1, -0.05) is 19.1 Å². The Morgan fingerprint density at radius 3 is 2.32 bits per heavy atom. The van der Waals surface area contributed by atoms with E-state index in [0.717, 1.165) is 12.5 Å². The Bertz CT molecular complexity index is 507. The number of likely N-dealkylation sites (tertiary alicyclic amines) is 1. The van der Waals surface area contributed by atoms with Crippen molar-refractivity contribution in [1.29, 1.82) is 0 Å². The highest BCUT2D eigenvalue weighted by molar-refractivity contribution is 7.62. The Morgan fingerprint density at radius 1 is 1.18 bits per heavy atom. The van der Waals surface area contributed by atoms with Crippen LogP contribution in [0.5, 0.6) is 0 Å². The Balaban J connectivity index is 2.20. The SMILES string of the molecule is CCOP(=O)(OCC)c1ccc([C@H]2C[C@@H](C)CCN2C)cc1. The molecule has 0 amide bonds. The van der Waals surface area contributed by atoms with Crippen LogP contribution in [0.15, 0.2) is 24.3 Å². The summed E-state index contributed by atoms with van der Waals surface area (Å²) in [6.45, 7) is 7.86. The third-order valence-electron chi connectivity index (χ3n) is 4.32. The third kappa shape index (κ3) is 3.99. The number of rotatable bonds is 6. The van der Waals surface area contributed by atoms with Crippen molar-refractivity contribution >= 4 is 12.9 Å². The molecule has 4 nitrogen and oxygen atoms in total. The molecule has 1 aliphatic heterocycles. The molecule has 1 heterocycles. The first-order valence-corrected chi connectivity index (χ1v) is 9.74. The molecule has 2 rings (SSSR count). The number of piperidine rings is 1. The second-order valence-electron chi connectivity index (χ2n) is 6.05. The van der Waals surface area contributed by atoms with Crippen molar-refractivity contribution in [3.05, 3.63) is 29.8 Å². The zero-order valence-corrected chi connectivity index (χ0v) is 15.0. The van der Waals surface area contributed by atoms with E-state index in [9.17, 15) is 4.57 Å². The minimum Gasteiger partial charge on any atom is -0.305 e. The monoisotopic (exact) mass is 325 g/mol. The lowest BCUT2D eigenvalue weighted by Crippen LogP contribution is -2.33. The van der Waals surface area contributed by atoms with E-state index >= 15 is 0 Å². The zero-order valence-electron chi connectivity index (χ0n) is 14.1. The Hall–Kier alpha value is -0.670. The van der Waals surface area contributed by atoms with Crippen LogP contribution in [-0.4, -0.2) is 31.7 Å². The van der Waals surface area contributed by atoms with Gasteiger partial charge >= 0.3 is 7.60 Å². The van der Waals surface area contributed by atoms with Crippen LogP contribution < -0.4 is 5.30 Å². The summed E-state index contributed by atoms with van der Waals surface area (Å²) in [6, 6.07) is 8.37. The molecule has 0 spiro atoms. The summed E-state index contributed by atoms with van der Waals surface area (Å²) < 4.78 is 23.6. The van der Waals surface area contributed by atoms with Gasteiger partial charge in [0.15, 0.2) is 0 Å². The maximum Gasteiger partial charge on any atom is 0.361 e. The van der Waals surface area contributed by atoms with Crippen molar-refractivity contribution in [3.63, 3.8) is 0 Å². The minimum absolute atomic E-state index is 0.377. The molecule has 0 aromatic heterocycles. The van der Waals surface area contributed by atoms with Gasteiger partial charge in [0, 0.05) is 6.04 Å². The van der Waals surface area contributed by atoms with Crippen LogP contribution in [0.4, 0.5) is 0 Å². The molecule has 1 fully saturated rings. The molecule has 1 aromatic rings. The van der Waals surface area contributed by atoms with Gasteiger partial charge < -0.3 is 9.05 Å². The second-order valence-corrected chi connectivity index (χ2v) is 8.08. The fourth-order valence-corrected chi connectivity index (χ4v) is 4.62. The average Bonchev–Trinajstić information content (AvgIpc) is 2.50. The first-order valence-electron chi connectivity index (χ1n) is 8.20. The topological polar surface area (TPSA) is 38.8 Å². The molecule has 1 aliphatic rings. The van der Waals surface area contributed by atoms with E-state index in [0.29, 0.717) is 24.6 Å². The van der Waals surface area contributed by atoms with Crippen LogP contribution >= 0.6 is 7.60 Å². The summed E-state index contributed by atoms with van der Waals surface area (Å²) in [7, 11) is -0.996. The van der Waals surface area contributed by atoms with Gasteiger partial charge in [-0.2, -0.15) is 0 Å². The van der Waals surface area contributed by atoms with Crippen molar-refractivity contribution < 1.29 is 13.6 Å². The predicted octanol–water partition coefficient (Wildman–Crippen LogP) is 3.98. The molecular formula is C17H28NO3P. The van der Waals surface area contributed by atoms with Gasteiger partial charge in [0.1, 0.15) is 0 Å². The Morgan fingerprint density at radius 2 is 1.77 bits per heavy atom. The quantitative estimate of drug-likeness (QED) is 0.742. The van der Waals surface area contributed by atoms with Gasteiger partial charge in [0.2, 0.25) is 0 Å². The minimum atomic E-state index is -3.17. The summed E-state index contributed by atoms with van der Waals surface area (Å²) >= 11 is 0. The smallest absolute Gasteiger partial charge is 0.305 e. The lowest BCUT2D eigenvalue weighted by molar-refractivity contribution is 0.150. The summed E-state index contributed by atoms with van der Waals surface area (Å²) in [5, 5.41) is 0.645. The second kappa shape index (κ2) is 7.74. The molecule has 0 N–H and O–H groups in total. The molecule has 0 radical (unpaired) electrons. The average molecular weight is 325 g/mol. The highest BCUT2D eigenvalue weighted by Gasteiger charge is 2.28. The fourth-order valence-electron chi connectivity index (χ4n) is 3.05. The molecule has 0 unspecified atom stereocenters. The zero-order chi connectivity index (χ0) is 16.2. The summed E-state index contributed by atoms with van der Waals surface area (Å²) in [4.78, 5) is 2.40. The lowest BCUT2D eigenvalue weighted by atomic mass is 9.89. The molecule has 0 aliphatic carbocycles. The van der Waals surface area contributed by atoms with E-state index in [1.54, 1.807) is 0 Å². The lowest BCUT2D eigenvalue weighted by Gasteiger charge is -2.36. The van der Waals surface area contributed by atoms with Crippen LogP contribution in [0.3, 0.4) is 0 Å². The number of hydrogen-bond donors (Lipinski definition) is 0. The standard InChI is InChI=1S/C17H28NO3P/c1-5-20-22(19,21-6-2)16-9-7-15(8-10-16)17-13-14(3)11-12-18(17)4/h7-10,14,17H,5-6,11-13H2,1-4H3/t14-,17+/m0/s1. The molecule has 1 aromatic carbocycles. The van der Waals surface area contributed by atoms with Gasteiger partial charge in [-0.15, -0.1) is 0 Å². The first-order chi connectivity index (χ1) is 10.5. The normalized spacial score (nSPS) is 23.6. The number of hydrogen-bond acceptors (Lipinski definition) is 4. The summed E-state index contributed by atoms with van der Waals surface area (Å²) in [5.74, 6) is 0.749. The maximum absolute atomic E-state index is 12.8.